The summed E-state index contributed by atoms with van der Waals surface area (Å²) in [6.45, 7) is 27.0. The van der Waals surface area contributed by atoms with Crippen LogP contribution in [0.25, 0.3) is 0 Å². The summed E-state index contributed by atoms with van der Waals surface area (Å²) in [5, 5.41) is 7.41. The van der Waals surface area contributed by atoms with Crippen LogP contribution in [0.3, 0.4) is 0 Å². The van der Waals surface area contributed by atoms with E-state index < -0.39 is 0 Å². The molecule has 2 aliphatic rings. The van der Waals surface area contributed by atoms with Gasteiger partial charge in [-0.05, 0) is 105 Å². The van der Waals surface area contributed by atoms with E-state index in [-0.39, 0.29) is 5.78 Å². The lowest BCUT2D eigenvalue weighted by Crippen LogP contribution is -1.85. The maximum atomic E-state index is 9.96. The second-order valence-corrected chi connectivity index (χ2v) is 10.5. The van der Waals surface area contributed by atoms with Crippen LogP contribution in [0.15, 0.2) is 41.6 Å². The van der Waals surface area contributed by atoms with Gasteiger partial charge in [-0.3, -0.25) is 9.48 Å². The summed E-state index contributed by atoms with van der Waals surface area (Å²) in [4.78, 5) is 9.96. The van der Waals surface area contributed by atoms with Gasteiger partial charge in [-0.1, -0.05) is 75.1 Å². The number of aryl methyl sites for hydroxylation is 2. The molecule has 4 unspecified atom stereocenters. The number of carbonyl (C=O) groups is 1. The van der Waals surface area contributed by atoms with E-state index in [4.69, 9.17) is 0 Å². The van der Waals surface area contributed by atoms with Gasteiger partial charge in [0.15, 0.2) is 5.78 Å². The Morgan fingerprint density at radius 1 is 0.829 bits per heavy atom. The van der Waals surface area contributed by atoms with Crippen molar-refractivity contribution < 1.29 is 4.79 Å². The first-order chi connectivity index (χ1) is 16.2. The molecule has 4 heteroatoms. The van der Waals surface area contributed by atoms with E-state index in [0.29, 0.717) is 0 Å². The number of carbonyl (C=O) groups excluding carboxylic acids is 1. The summed E-state index contributed by atoms with van der Waals surface area (Å²) in [5.74, 6) is 4.26. The van der Waals surface area contributed by atoms with E-state index in [9.17, 15) is 4.79 Å². The van der Waals surface area contributed by atoms with Crippen molar-refractivity contribution in [3.05, 3.63) is 47.3 Å². The van der Waals surface area contributed by atoms with Crippen LogP contribution in [0.5, 0.6) is 0 Å². The monoisotopic (exact) mass is 489 g/mol. The Morgan fingerprint density at radius 3 is 1.29 bits per heavy atom. The third-order valence-electron chi connectivity index (χ3n) is 5.92. The molecule has 0 saturated heterocycles. The summed E-state index contributed by atoms with van der Waals surface area (Å²) in [6.07, 6.45) is 15.0. The predicted molar refractivity (Wildman–Crippen MR) is 157 cm³/mol. The van der Waals surface area contributed by atoms with Gasteiger partial charge < -0.3 is 0 Å². The van der Waals surface area contributed by atoms with Crippen molar-refractivity contribution in [3.63, 3.8) is 0 Å². The molecule has 0 amide bonds. The first kappa shape index (κ1) is 37.6. The van der Waals surface area contributed by atoms with E-state index >= 15 is 0 Å². The quantitative estimate of drug-likeness (QED) is 0.291. The standard InChI is InChI=1S/C7H14.C6H12.C5H8O.C5H10.C4H7N3.C4H8/c1-6-3-4-7(2)5-6;1-5(2)6(3)4;1-3-4-5(2)6;1-4-3-5(4)2;1-4-3-7(2)6-5-4;1-3-4-2/h6-7H,3-5H2,1-2H3;1-4H3;3-4H,1-2H3;4-5H,3H2,1-2H3;3H,1-2H3;3-4H,1-2H3/b;;4-3+;;;4-3+. The molecule has 0 radical (unpaired) electrons. The van der Waals surface area contributed by atoms with Gasteiger partial charge in [-0.25, -0.2) is 0 Å². The van der Waals surface area contributed by atoms with Crippen LogP contribution < -0.4 is 0 Å². The smallest absolute Gasteiger partial charge is 0.152 e. The number of hydrogen-bond acceptors (Lipinski definition) is 3. The molecule has 1 heterocycles. The summed E-state index contributed by atoms with van der Waals surface area (Å²) in [7, 11) is 1.85. The fraction of sp³-hybridized carbons (Fsp3) is 0.710. The molecule has 0 spiro atoms. The fourth-order valence-corrected chi connectivity index (χ4v) is 2.70. The van der Waals surface area contributed by atoms with Crippen LogP contribution in [-0.4, -0.2) is 20.8 Å². The first-order valence-corrected chi connectivity index (χ1v) is 13.4. The zero-order valence-electron chi connectivity index (χ0n) is 25.8. The van der Waals surface area contributed by atoms with Crippen LogP contribution in [0.4, 0.5) is 0 Å². The molecular formula is C31H59N3O. The van der Waals surface area contributed by atoms with Gasteiger partial charge in [-0.15, -0.1) is 5.10 Å². The topological polar surface area (TPSA) is 47.8 Å². The zero-order chi connectivity index (χ0) is 28.0. The molecule has 0 aromatic carbocycles. The van der Waals surface area contributed by atoms with Crippen LogP contribution in [-0.2, 0) is 11.8 Å². The average molecular weight is 490 g/mol. The van der Waals surface area contributed by atoms with Gasteiger partial charge in [0.25, 0.3) is 0 Å². The Balaban J connectivity index is -0.000000355. The Morgan fingerprint density at radius 2 is 1.23 bits per heavy atom. The van der Waals surface area contributed by atoms with Gasteiger partial charge >= 0.3 is 0 Å². The molecule has 0 bridgehead atoms. The molecule has 204 valence electrons. The predicted octanol–water partition coefficient (Wildman–Crippen LogP) is 9.32. The molecule has 0 aliphatic heterocycles. The summed E-state index contributed by atoms with van der Waals surface area (Å²) < 4.78 is 1.68. The van der Waals surface area contributed by atoms with Crippen LogP contribution >= 0.6 is 0 Å². The Hall–Kier alpha value is -1.97. The largest absolute Gasteiger partial charge is 0.295 e. The van der Waals surface area contributed by atoms with E-state index in [0.717, 1.165) is 29.4 Å². The summed E-state index contributed by atoms with van der Waals surface area (Å²) in [6, 6.07) is 0. The van der Waals surface area contributed by atoms with Gasteiger partial charge in [0.2, 0.25) is 0 Å². The van der Waals surface area contributed by atoms with E-state index in [1.807, 2.05) is 53.1 Å². The van der Waals surface area contributed by atoms with Crippen molar-refractivity contribution in [1.82, 2.24) is 15.0 Å². The third-order valence-corrected chi connectivity index (χ3v) is 5.92. The second kappa shape index (κ2) is 23.8. The second-order valence-electron chi connectivity index (χ2n) is 10.5. The lowest BCUT2D eigenvalue weighted by molar-refractivity contribution is -0.112. The lowest BCUT2D eigenvalue weighted by atomic mass is 10.1. The van der Waals surface area contributed by atoms with E-state index in [1.54, 1.807) is 10.8 Å². The van der Waals surface area contributed by atoms with Crippen molar-refractivity contribution in [2.75, 3.05) is 0 Å². The maximum Gasteiger partial charge on any atom is 0.152 e. The minimum atomic E-state index is 0.109. The SMILES string of the molecule is C/C=C/C.C/C=C/C(C)=O.CC(C)=C(C)C.CC1CC1C.CC1CCC(C)C1.Cc1cn(C)nn1. The highest BCUT2D eigenvalue weighted by Gasteiger charge is 2.26. The molecule has 2 saturated carbocycles. The molecule has 35 heavy (non-hydrogen) atoms. The molecule has 2 aliphatic carbocycles. The number of rotatable bonds is 1. The normalized spacial score (nSPS) is 21.4. The van der Waals surface area contributed by atoms with Crippen molar-refractivity contribution in [2.24, 2.45) is 30.7 Å². The maximum absolute atomic E-state index is 9.96. The fourth-order valence-electron chi connectivity index (χ4n) is 2.70. The number of hydrogen-bond donors (Lipinski definition) is 0. The highest BCUT2D eigenvalue weighted by Crippen LogP contribution is 2.36. The minimum absolute atomic E-state index is 0.109. The van der Waals surface area contributed by atoms with E-state index in [1.165, 1.54) is 49.8 Å². The Bertz CT molecular complexity index is 675. The van der Waals surface area contributed by atoms with Crippen molar-refractivity contribution in [1.29, 1.82) is 0 Å². The minimum Gasteiger partial charge on any atom is -0.295 e. The molecule has 3 rings (SSSR count). The van der Waals surface area contributed by atoms with Gasteiger partial charge in [0.1, 0.15) is 0 Å². The third kappa shape index (κ3) is 32.0. The van der Waals surface area contributed by atoms with Crippen molar-refractivity contribution >= 4 is 5.78 Å². The van der Waals surface area contributed by atoms with Gasteiger partial charge in [0, 0.05) is 13.2 Å². The molecule has 1 aromatic heterocycles. The highest BCUT2D eigenvalue weighted by atomic mass is 16.1. The van der Waals surface area contributed by atoms with Crippen molar-refractivity contribution in [2.45, 2.75) is 116 Å². The lowest BCUT2D eigenvalue weighted by Gasteiger charge is -1.96. The molecule has 0 N–H and O–H groups in total. The molecule has 4 nitrogen and oxygen atoms in total. The zero-order valence-corrected chi connectivity index (χ0v) is 25.8. The van der Waals surface area contributed by atoms with Crippen molar-refractivity contribution in [3.8, 4) is 0 Å². The number of nitrogens with zero attached hydrogens (tertiary/aromatic N) is 3. The Kier molecular flexibility index (Phi) is 25.5. The highest BCUT2D eigenvalue weighted by molar-refractivity contribution is 5.87. The molecule has 4 atom stereocenters. The first-order valence-electron chi connectivity index (χ1n) is 13.4. The molecule has 2 fully saturated rings. The van der Waals surface area contributed by atoms with E-state index in [2.05, 4.69) is 65.7 Å². The average Bonchev–Trinajstić information content (AvgIpc) is 3.08. The Labute approximate surface area is 219 Å². The summed E-state index contributed by atoms with van der Waals surface area (Å²) in [5.41, 5.74) is 3.81. The van der Waals surface area contributed by atoms with Crippen LogP contribution in [0, 0.1) is 30.6 Å². The van der Waals surface area contributed by atoms with Crippen LogP contribution in [0.2, 0.25) is 0 Å². The summed E-state index contributed by atoms with van der Waals surface area (Å²) >= 11 is 0. The van der Waals surface area contributed by atoms with Gasteiger partial charge in [-0.2, -0.15) is 0 Å². The molecule has 1 aromatic rings. The van der Waals surface area contributed by atoms with Crippen LogP contribution in [0.1, 0.15) is 114 Å². The van der Waals surface area contributed by atoms with Gasteiger partial charge in [0.05, 0.1) is 5.69 Å². The number of ketones is 1. The number of allylic oxidation sites excluding steroid dienone is 6. The molecular weight excluding hydrogens is 430 g/mol. The number of aromatic nitrogens is 3.